The van der Waals surface area contributed by atoms with Crippen LogP contribution in [0.3, 0.4) is 0 Å². The number of halogens is 1. The molecule has 6 rings (SSSR count). The van der Waals surface area contributed by atoms with Gasteiger partial charge >= 0.3 is 0 Å². The van der Waals surface area contributed by atoms with Crippen LogP contribution in [0.5, 0.6) is 0 Å². The Morgan fingerprint density at radius 1 is 1.14 bits per heavy atom. The molecule has 0 atom stereocenters. The Labute approximate surface area is 68.6 Å². The predicted molar refractivity (Wildman–Crippen MR) is 56.1 cm³/mol. The summed E-state index contributed by atoms with van der Waals surface area (Å²) in [5.41, 5.74) is 0. The topological polar surface area (TPSA) is 0 Å². The van der Waals surface area contributed by atoms with E-state index in [2.05, 4.69) is 64.4 Å². The minimum Gasteiger partial charge on any atom is -0.0852 e. The normalized spacial score (nSPS) is 70.1. The average Bonchev–Trinajstić information content (AvgIpc) is 1.20. The van der Waals surface area contributed by atoms with E-state index in [4.69, 9.17) is 0 Å². The highest BCUT2D eigenvalue weighted by Gasteiger charge is 2.92. The second kappa shape index (κ2) is 0.939. The summed E-state index contributed by atoms with van der Waals surface area (Å²) in [5.74, 6) is 0. The Kier molecular flexibility index (Phi) is 0.694. The first-order chi connectivity index (χ1) is 3.13. The largest absolute Gasteiger partial charge is 0.191 e. The quantitative estimate of drug-likeness (QED) is 0.412. The summed E-state index contributed by atoms with van der Waals surface area (Å²) in [6.45, 7) is 0. The molecular weight excluding hydrogens is 299 g/mol. The van der Waals surface area contributed by atoms with Crippen molar-refractivity contribution in [1.82, 2.24) is 0 Å². The fourth-order valence-electron chi connectivity index (χ4n) is 0.758. The molecule has 42 valence electrons. The maximum atomic E-state index is 2.67. The summed E-state index contributed by atoms with van der Waals surface area (Å²) in [4.78, 5) is 0. The summed E-state index contributed by atoms with van der Waals surface area (Å²) in [5, 5.41) is 0. The zero-order valence-electron chi connectivity index (χ0n) is 2.96. The maximum absolute atomic E-state index is 2.67. The summed E-state index contributed by atoms with van der Waals surface area (Å²) in [7, 11) is 8.98. The van der Waals surface area contributed by atoms with Gasteiger partial charge in [0.2, 0.25) is 0 Å². The zero-order valence-corrected chi connectivity index (χ0v) is 9.28. The van der Waals surface area contributed by atoms with Crippen LogP contribution in [0.2, 0.25) is 0 Å². The van der Waals surface area contributed by atoms with Crippen LogP contribution in [0, 0.1) is 0 Å². The second-order valence-electron chi connectivity index (χ2n) is 1.59. The molecule has 6 aliphatic rings. The van der Waals surface area contributed by atoms with Crippen molar-refractivity contribution >= 4 is 66.8 Å². The van der Waals surface area contributed by atoms with E-state index in [-0.39, 0.29) is 0 Å². The van der Waals surface area contributed by atoms with Crippen molar-refractivity contribution in [3.8, 4) is 0 Å². The van der Waals surface area contributed by atoms with E-state index in [0.717, 1.165) is 0 Å². The summed E-state index contributed by atoms with van der Waals surface area (Å²) in [6, 6.07) is 0. The fraction of sp³-hybridized carbons (Fsp3) is 1.00. The molecule has 6 fully saturated rings. The van der Waals surface area contributed by atoms with Crippen LogP contribution < -0.4 is 0 Å². The first-order valence-electron chi connectivity index (χ1n) is 1.72. The van der Waals surface area contributed by atoms with Gasteiger partial charge in [0, 0.05) is 0 Å². The fourth-order valence-corrected chi connectivity index (χ4v) is 66.2. The highest BCUT2D eigenvalue weighted by Crippen LogP contribution is 3.43. The summed E-state index contributed by atoms with van der Waals surface area (Å²) in [6.07, 6.45) is 0. The molecule has 6 aliphatic heterocycles. The lowest BCUT2D eigenvalue weighted by molar-refractivity contribution is 1.92. The molecule has 2 bridgehead atoms. The van der Waals surface area contributed by atoms with E-state index in [1.165, 1.54) is 0 Å². The van der Waals surface area contributed by atoms with Gasteiger partial charge in [0.1, 0.15) is 0 Å². The van der Waals surface area contributed by atoms with Crippen molar-refractivity contribution in [2.75, 3.05) is 0 Å². The van der Waals surface area contributed by atoms with Gasteiger partial charge in [-0.3, -0.25) is 0 Å². The highest BCUT2D eigenvalue weighted by molar-refractivity contribution is 14.2. The van der Waals surface area contributed by atoms with E-state index in [9.17, 15) is 0 Å². The monoisotopic (exact) mass is 300 g/mol. The molecule has 6 heteroatoms. The smallest absolute Gasteiger partial charge is 0.0852 e. The molecule has 0 spiro atoms. The van der Waals surface area contributed by atoms with Crippen molar-refractivity contribution in [3.05, 3.63) is 0 Å². The number of thiol groups is 1. The average molecular weight is 300 g/mol. The van der Waals surface area contributed by atoms with E-state index in [1.54, 1.807) is 0 Å². The number of hydrogen-bond acceptors (Lipinski definition) is 4. The molecule has 0 nitrogen and oxygen atoms in total. The minimum absolute atomic E-state index is 0.680. The second-order valence-corrected chi connectivity index (χ2v) is 36.5. The Morgan fingerprint density at radius 2 is 1.43 bits per heavy atom. The number of hydrogen-bond donors (Lipinski definition) is 1. The molecule has 0 amide bonds. The third-order valence-corrected chi connectivity index (χ3v) is 32.5. The zero-order chi connectivity index (χ0) is 4.78. The van der Waals surface area contributed by atoms with Crippen LogP contribution in [0.15, 0.2) is 0 Å². The molecule has 0 saturated carbocycles. The SMILES string of the molecule is I[SH]123SC(S1)(S2)S3. The van der Waals surface area contributed by atoms with Crippen LogP contribution in [-0.2, 0) is 0 Å². The molecule has 0 aromatic rings. The van der Waals surface area contributed by atoms with E-state index < -0.39 is 2.46 Å². The van der Waals surface area contributed by atoms with Gasteiger partial charge in [-0.2, -0.15) is 0 Å². The molecule has 0 radical (unpaired) electrons. The highest BCUT2D eigenvalue weighted by atomic mass is 127. The Balaban J connectivity index is 2.27. The van der Waals surface area contributed by atoms with Crippen molar-refractivity contribution in [3.63, 3.8) is 0 Å². The van der Waals surface area contributed by atoms with Gasteiger partial charge in [-0.05, 0) is 21.2 Å². The van der Waals surface area contributed by atoms with Crippen LogP contribution in [0.1, 0.15) is 0 Å². The van der Waals surface area contributed by atoms with Crippen LogP contribution in [-0.4, -0.2) is 2.74 Å². The Hall–Kier alpha value is 2.48. The van der Waals surface area contributed by atoms with E-state index in [0.29, 0.717) is 2.74 Å². The number of rotatable bonds is 0. The first kappa shape index (κ1) is 5.17. The lowest BCUT2D eigenvalue weighted by atomic mass is 11.8. The van der Waals surface area contributed by atoms with E-state index >= 15 is 0 Å². The van der Waals surface area contributed by atoms with Gasteiger partial charge in [0.05, 0.1) is 0 Å². The van der Waals surface area contributed by atoms with Crippen LogP contribution >= 0.6 is 66.8 Å². The molecule has 0 aliphatic carbocycles. The lowest BCUT2D eigenvalue weighted by Crippen LogP contribution is -2.50. The molecule has 6 heterocycles. The van der Waals surface area contributed by atoms with Crippen LogP contribution in [0.25, 0.3) is 0 Å². The molecule has 0 aromatic heterocycles. The summed E-state index contributed by atoms with van der Waals surface area (Å²) < 4.78 is -0.301. The van der Waals surface area contributed by atoms with Crippen molar-refractivity contribution < 1.29 is 0 Å². The minimum atomic E-state index is -0.981. The van der Waals surface area contributed by atoms with Crippen LogP contribution in [0.4, 0.5) is 0 Å². The Bertz CT molecular complexity index is 134. The van der Waals surface area contributed by atoms with Gasteiger partial charge < -0.3 is 0 Å². The van der Waals surface area contributed by atoms with Gasteiger partial charge in [0.25, 0.3) is 0 Å². The predicted octanol–water partition coefficient (Wildman–Crippen LogP) is 3.65. The molecule has 0 unspecified atom stereocenters. The Morgan fingerprint density at radius 3 is 1.43 bits per heavy atom. The molecule has 7 heavy (non-hydrogen) atoms. The van der Waals surface area contributed by atoms with Gasteiger partial charge in [-0.25, -0.2) is 0 Å². The third-order valence-electron chi connectivity index (χ3n) is 1.03. The van der Waals surface area contributed by atoms with Gasteiger partial charge in [-0.15, -0.1) is 0 Å². The van der Waals surface area contributed by atoms with E-state index in [1.807, 2.05) is 0 Å². The third kappa shape index (κ3) is 0.383. The van der Waals surface area contributed by atoms with Crippen molar-refractivity contribution in [1.29, 1.82) is 0 Å². The summed E-state index contributed by atoms with van der Waals surface area (Å²) >= 11 is 2.67. The molecular formula is CHIS5. The lowest BCUT2D eigenvalue weighted by Gasteiger charge is -2.93. The standard InChI is InChI=1S/CHIS5/c2-7-3-1(4-7,5-7)6-7/h7H. The maximum Gasteiger partial charge on any atom is 0.191 e. The van der Waals surface area contributed by atoms with Gasteiger partial charge in [-0.1, -0.05) is 45.6 Å². The molecule has 6 saturated heterocycles. The van der Waals surface area contributed by atoms with Gasteiger partial charge in [0.15, 0.2) is 2.74 Å². The first-order valence-corrected chi connectivity index (χ1v) is 12.4. The van der Waals surface area contributed by atoms with Crippen molar-refractivity contribution in [2.45, 2.75) is 2.74 Å². The van der Waals surface area contributed by atoms with Crippen molar-refractivity contribution in [2.24, 2.45) is 0 Å². The molecule has 0 N–H and O–H groups in total. The molecule has 0 aromatic carbocycles.